The molecule has 0 heterocycles. The lowest BCUT2D eigenvalue weighted by atomic mass is 10.3. The number of esters is 2. The minimum absolute atomic E-state index is 0.352. The van der Waals surface area contributed by atoms with E-state index in [1.807, 2.05) is 59.0 Å². The van der Waals surface area contributed by atoms with Gasteiger partial charge in [-0.15, -0.1) is 0 Å². The van der Waals surface area contributed by atoms with Crippen LogP contribution in [0.4, 0.5) is 0 Å². The maximum absolute atomic E-state index is 11.5. The zero-order valence-corrected chi connectivity index (χ0v) is 13.7. The average molecular weight is 454 g/mol. The second-order valence-corrected chi connectivity index (χ2v) is 5.82. The Bertz CT molecular complexity index is 209. The molecule has 0 aliphatic rings. The van der Waals surface area contributed by atoms with Gasteiger partial charge < -0.3 is 9.47 Å². The van der Waals surface area contributed by atoms with Crippen LogP contribution in [0.3, 0.4) is 0 Å². The molecule has 0 spiro atoms. The molecular weight excluding hydrogens is 438 g/mol. The number of carbonyl (C=O) groups excluding carboxylic acids is 2. The highest BCUT2D eigenvalue weighted by Crippen LogP contribution is 2.18. The van der Waals surface area contributed by atoms with E-state index >= 15 is 0 Å². The standard InChI is InChI=1S/C10H16I2O4/c1-3-5-15-9(13)7(11)8(12)10(14)16-6-4-2/h7-8H,3-6H2,1-2H3. The second kappa shape index (κ2) is 9.43. The van der Waals surface area contributed by atoms with Gasteiger partial charge in [-0.1, -0.05) is 59.0 Å². The fraction of sp³-hybridized carbons (Fsp3) is 0.800. The first kappa shape index (κ1) is 16.4. The molecule has 94 valence electrons. The predicted octanol–water partition coefficient (Wildman–Crippen LogP) is 2.50. The molecule has 0 aromatic carbocycles. The van der Waals surface area contributed by atoms with Crippen LogP contribution in [0.25, 0.3) is 0 Å². The zero-order chi connectivity index (χ0) is 12.6. The quantitative estimate of drug-likeness (QED) is 0.337. The van der Waals surface area contributed by atoms with Crippen molar-refractivity contribution in [3.63, 3.8) is 0 Å². The summed E-state index contributed by atoms with van der Waals surface area (Å²) < 4.78 is 8.96. The van der Waals surface area contributed by atoms with E-state index in [1.165, 1.54) is 0 Å². The van der Waals surface area contributed by atoms with Crippen molar-refractivity contribution in [2.75, 3.05) is 13.2 Å². The molecule has 0 fully saturated rings. The van der Waals surface area contributed by atoms with Gasteiger partial charge in [-0.25, -0.2) is 0 Å². The Morgan fingerprint density at radius 3 is 1.50 bits per heavy atom. The lowest BCUT2D eigenvalue weighted by Gasteiger charge is -2.14. The van der Waals surface area contributed by atoms with Crippen LogP contribution in [0.1, 0.15) is 26.7 Å². The summed E-state index contributed by atoms with van der Waals surface area (Å²) in [5.41, 5.74) is 0. The van der Waals surface area contributed by atoms with Crippen LogP contribution in [0.15, 0.2) is 0 Å². The van der Waals surface area contributed by atoms with Gasteiger partial charge in [0.05, 0.1) is 13.2 Å². The molecule has 4 nitrogen and oxygen atoms in total. The Hall–Kier alpha value is 0.400. The van der Waals surface area contributed by atoms with Gasteiger partial charge >= 0.3 is 11.9 Å². The molecule has 0 amide bonds. The molecule has 6 heteroatoms. The fourth-order valence-corrected chi connectivity index (χ4v) is 1.75. The van der Waals surface area contributed by atoms with Gasteiger partial charge in [-0.2, -0.15) is 0 Å². The monoisotopic (exact) mass is 454 g/mol. The van der Waals surface area contributed by atoms with E-state index in [0.717, 1.165) is 12.8 Å². The van der Waals surface area contributed by atoms with Crippen LogP contribution in [-0.4, -0.2) is 33.0 Å². The molecule has 0 aliphatic carbocycles. The largest absolute Gasteiger partial charge is 0.465 e. The highest BCUT2D eigenvalue weighted by atomic mass is 127. The highest BCUT2D eigenvalue weighted by molar-refractivity contribution is 14.1. The first-order valence-electron chi connectivity index (χ1n) is 5.16. The van der Waals surface area contributed by atoms with Crippen molar-refractivity contribution in [3.8, 4) is 0 Å². The Labute approximate surface area is 123 Å². The summed E-state index contributed by atoms with van der Waals surface area (Å²) in [5.74, 6) is -0.703. The molecule has 0 saturated heterocycles. The molecule has 16 heavy (non-hydrogen) atoms. The molecule has 0 saturated carbocycles. The van der Waals surface area contributed by atoms with Gasteiger partial charge in [0.15, 0.2) is 0 Å². The van der Waals surface area contributed by atoms with Crippen molar-refractivity contribution >= 4 is 57.1 Å². The molecule has 0 aromatic heterocycles. The lowest BCUT2D eigenvalue weighted by Crippen LogP contribution is -2.33. The minimum Gasteiger partial charge on any atom is -0.465 e. The highest BCUT2D eigenvalue weighted by Gasteiger charge is 2.31. The average Bonchev–Trinajstić information content (AvgIpc) is 2.30. The van der Waals surface area contributed by atoms with Gasteiger partial charge in [0, 0.05) is 0 Å². The molecule has 2 unspecified atom stereocenters. The first-order chi connectivity index (χ1) is 7.54. The summed E-state index contributed by atoms with van der Waals surface area (Å²) in [6.45, 7) is 4.64. The number of hydrogen-bond donors (Lipinski definition) is 0. The maximum atomic E-state index is 11.5. The Balaban J connectivity index is 4.09. The normalized spacial score (nSPS) is 14.0. The van der Waals surface area contributed by atoms with Crippen LogP contribution in [0.2, 0.25) is 0 Å². The Morgan fingerprint density at radius 2 is 1.25 bits per heavy atom. The number of carbonyl (C=O) groups is 2. The molecule has 0 aliphatic heterocycles. The van der Waals surface area contributed by atoms with Crippen molar-refractivity contribution in [2.24, 2.45) is 0 Å². The third-order valence-electron chi connectivity index (χ3n) is 1.60. The van der Waals surface area contributed by atoms with E-state index in [9.17, 15) is 9.59 Å². The molecule has 0 aromatic rings. The van der Waals surface area contributed by atoms with Gasteiger partial charge in [0.2, 0.25) is 0 Å². The van der Waals surface area contributed by atoms with E-state index in [4.69, 9.17) is 9.47 Å². The van der Waals surface area contributed by atoms with Crippen molar-refractivity contribution in [3.05, 3.63) is 0 Å². The Morgan fingerprint density at radius 1 is 0.938 bits per heavy atom. The molecule has 0 rings (SSSR count). The van der Waals surface area contributed by atoms with Crippen LogP contribution >= 0.6 is 45.2 Å². The number of halogens is 2. The van der Waals surface area contributed by atoms with Crippen LogP contribution < -0.4 is 0 Å². The zero-order valence-electron chi connectivity index (χ0n) is 9.37. The third kappa shape index (κ3) is 6.21. The SMILES string of the molecule is CCCOC(=O)C(I)C(I)C(=O)OCCC. The predicted molar refractivity (Wildman–Crippen MR) is 78.1 cm³/mol. The minimum atomic E-state index is -0.492. The summed E-state index contributed by atoms with van der Waals surface area (Å²) in [6.07, 6.45) is 1.56. The summed E-state index contributed by atoms with van der Waals surface area (Å²) in [7, 11) is 0. The van der Waals surface area contributed by atoms with Crippen molar-refractivity contribution < 1.29 is 19.1 Å². The van der Waals surface area contributed by atoms with E-state index in [-0.39, 0.29) is 11.9 Å². The number of alkyl halides is 2. The van der Waals surface area contributed by atoms with E-state index in [2.05, 4.69) is 0 Å². The summed E-state index contributed by atoms with van der Waals surface area (Å²) in [6, 6.07) is 0. The van der Waals surface area contributed by atoms with Crippen LogP contribution in [0, 0.1) is 0 Å². The molecule has 0 radical (unpaired) electrons. The van der Waals surface area contributed by atoms with Gasteiger partial charge in [-0.3, -0.25) is 9.59 Å². The molecular formula is C10H16I2O4. The first-order valence-corrected chi connectivity index (χ1v) is 7.65. The Kier molecular flexibility index (Phi) is 9.67. The van der Waals surface area contributed by atoms with Crippen LogP contribution in [-0.2, 0) is 19.1 Å². The summed E-state index contributed by atoms with van der Waals surface area (Å²) >= 11 is 3.83. The smallest absolute Gasteiger partial charge is 0.320 e. The molecule has 0 N–H and O–H groups in total. The second-order valence-electron chi connectivity index (χ2n) is 3.14. The van der Waals surface area contributed by atoms with E-state index < -0.39 is 7.85 Å². The maximum Gasteiger partial charge on any atom is 0.320 e. The van der Waals surface area contributed by atoms with E-state index in [0.29, 0.717) is 13.2 Å². The van der Waals surface area contributed by atoms with Crippen molar-refractivity contribution in [1.29, 1.82) is 0 Å². The summed E-state index contributed by atoms with van der Waals surface area (Å²) in [5, 5.41) is 0. The van der Waals surface area contributed by atoms with E-state index in [1.54, 1.807) is 0 Å². The molecule has 0 bridgehead atoms. The lowest BCUT2D eigenvalue weighted by molar-refractivity contribution is -0.148. The van der Waals surface area contributed by atoms with Gasteiger partial charge in [0.25, 0.3) is 0 Å². The number of ether oxygens (including phenoxy) is 2. The van der Waals surface area contributed by atoms with Gasteiger partial charge in [0.1, 0.15) is 7.85 Å². The van der Waals surface area contributed by atoms with Crippen molar-refractivity contribution in [2.45, 2.75) is 34.5 Å². The number of hydrogen-bond acceptors (Lipinski definition) is 4. The summed E-state index contributed by atoms with van der Waals surface area (Å²) in [4.78, 5) is 23.0. The number of rotatable bonds is 7. The fourth-order valence-electron chi connectivity index (χ4n) is 0.803. The topological polar surface area (TPSA) is 52.6 Å². The van der Waals surface area contributed by atoms with Crippen molar-refractivity contribution in [1.82, 2.24) is 0 Å². The van der Waals surface area contributed by atoms with Gasteiger partial charge in [-0.05, 0) is 12.8 Å². The third-order valence-corrected chi connectivity index (χ3v) is 5.44. The molecule has 2 atom stereocenters. The van der Waals surface area contributed by atoms with Crippen LogP contribution in [0.5, 0.6) is 0 Å².